The Hall–Kier alpha value is -2.42. The van der Waals surface area contributed by atoms with E-state index in [1.807, 2.05) is 0 Å². The Balaban J connectivity index is 1.60. The molecule has 25 heavy (non-hydrogen) atoms. The fourth-order valence-electron chi connectivity index (χ4n) is 3.59. The molecule has 0 saturated heterocycles. The molecule has 0 N–H and O–H groups in total. The van der Waals surface area contributed by atoms with Gasteiger partial charge in [-0.25, -0.2) is 4.39 Å². The molecule has 0 bridgehead atoms. The van der Waals surface area contributed by atoms with Crippen LogP contribution in [0.25, 0.3) is 0 Å². The second-order valence-corrected chi connectivity index (χ2v) is 6.62. The Morgan fingerprint density at radius 2 is 2.12 bits per heavy atom. The molecule has 1 aromatic carbocycles. The molecule has 2 unspecified atom stereocenters. The SMILES string of the molecule is N#CC1CCCCC1OC(=O)CCN1C(=O)CCc2cc(F)ccc21. The van der Waals surface area contributed by atoms with Crippen LogP contribution in [0.3, 0.4) is 0 Å². The maximum Gasteiger partial charge on any atom is 0.307 e. The largest absolute Gasteiger partial charge is 0.461 e. The van der Waals surface area contributed by atoms with E-state index >= 15 is 0 Å². The van der Waals surface area contributed by atoms with Crippen LogP contribution in [0.5, 0.6) is 0 Å². The zero-order valence-corrected chi connectivity index (χ0v) is 14.0. The number of ether oxygens (including phenoxy) is 1. The van der Waals surface area contributed by atoms with E-state index in [9.17, 15) is 14.0 Å². The number of amides is 1. The van der Waals surface area contributed by atoms with Gasteiger partial charge in [0, 0.05) is 18.7 Å². The molecule has 0 spiro atoms. The Morgan fingerprint density at radius 1 is 1.32 bits per heavy atom. The van der Waals surface area contributed by atoms with Crippen LogP contribution in [0.2, 0.25) is 0 Å². The first-order valence-corrected chi connectivity index (χ1v) is 8.76. The summed E-state index contributed by atoms with van der Waals surface area (Å²) in [7, 11) is 0. The Kier molecular flexibility index (Phi) is 5.32. The van der Waals surface area contributed by atoms with Gasteiger partial charge in [0.05, 0.1) is 18.4 Å². The summed E-state index contributed by atoms with van der Waals surface area (Å²) in [5.41, 5.74) is 1.45. The van der Waals surface area contributed by atoms with Crippen LogP contribution in [0, 0.1) is 23.1 Å². The second kappa shape index (κ2) is 7.64. The van der Waals surface area contributed by atoms with Gasteiger partial charge in [0.15, 0.2) is 0 Å². The predicted octanol–water partition coefficient (Wildman–Crippen LogP) is 3.12. The van der Waals surface area contributed by atoms with Crippen LogP contribution < -0.4 is 4.90 Å². The van der Waals surface area contributed by atoms with E-state index in [1.165, 1.54) is 17.0 Å². The van der Waals surface area contributed by atoms with Crippen molar-refractivity contribution in [3.63, 3.8) is 0 Å². The normalized spacial score (nSPS) is 22.9. The minimum Gasteiger partial charge on any atom is -0.461 e. The number of fused-ring (bicyclic) bond motifs is 1. The van der Waals surface area contributed by atoms with Gasteiger partial charge in [-0.1, -0.05) is 6.42 Å². The maximum atomic E-state index is 13.4. The monoisotopic (exact) mass is 344 g/mol. The summed E-state index contributed by atoms with van der Waals surface area (Å²) >= 11 is 0. The van der Waals surface area contributed by atoms with Gasteiger partial charge in [0.1, 0.15) is 11.9 Å². The third-order valence-electron chi connectivity index (χ3n) is 4.93. The standard InChI is InChI=1S/C19H21FN2O3/c20-15-6-7-16-13(11-15)5-8-18(23)22(16)10-9-19(24)25-17-4-2-1-3-14(17)12-21/h6-7,11,14,17H,1-5,8-10H2. The third-order valence-corrected chi connectivity index (χ3v) is 4.93. The van der Waals surface area contributed by atoms with Crippen LogP contribution in [0.15, 0.2) is 18.2 Å². The highest BCUT2D eigenvalue weighted by Gasteiger charge is 2.29. The first kappa shape index (κ1) is 17.4. The summed E-state index contributed by atoms with van der Waals surface area (Å²) in [5, 5.41) is 9.15. The molecule has 1 amide bonds. The van der Waals surface area contributed by atoms with Crippen molar-refractivity contribution in [2.45, 2.75) is 51.0 Å². The third kappa shape index (κ3) is 3.98. The molecular formula is C19H21FN2O3. The van der Waals surface area contributed by atoms with Crippen LogP contribution in [0.4, 0.5) is 10.1 Å². The molecule has 6 heteroatoms. The summed E-state index contributed by atoms with van der Waals surface area (Å²) in [5.74, 6) is -1.03. The molecular weight excluding hydrogens is 323 g/mol. The summed E-state index contributed by atoms with van der Waals surface area (Å²) in [6.07, 6.45) is 3.97. The molecule has 0 aromatic heterocycles. The van der Waals surface area contributed by atoms with Gasteiger partial charge in [-0.2, -0.15) is 5.26 Å². The van der Waals surface area contributed by atoms with Gasteiger partial charge in [0.25, 0.3) is 0 Å². The van der Waals surface area contributed by atoms with Gasteiger partial charge >= 0.3 is 5.97 Å². The predicted molar refractivity (Wildman–Crippen MR) is 89.1 cm³/mol. The average molecular weight is 344 g/mol. The minimum atomic E-state index is -0.394. The van der Waals surface area contributed by atoms with Crippen LogP contribution >= 0.6 is 0 Å². The van der Waals surface area contributed by atoms with Gasteiger partial charge < -0.3 is 9.64 Å². The Bertz CT molecular complexity index is 713. The first-order chi connectivity index (χ1) is 12.1. The number of aryl methyl sites for hydroxylation is 1. The lowest BCUT2D eigenvalue weighted by Crippen LogP contribution is -2.37. The number of rotatable bonds is 4. The summed E-state index contributed by atoms with van der Waals surface area (Å²) in [6.45, 7) is 0.209. The fourth-order valence-corrected chi connectivity index (χ4v) is 3.59. The molecule has 1 aliphatic carbocycles. The molecule has 1 heterocycles. The molecule has 3 rings (SSSR count). The van der Waals surface area contributed by atoms with Gasteiger partial charge in [-0.05, 0) is 49.4 Å². The van der Waals surface area contributed by atoms with E-state index in [-0.39, 0.29) is 36.7 Å². The number of carbonyl (C=O) groups excluding carboxylic acids is 2. The topological polar surface area (TPSA) is 70.4 Å². The smallest absolute Gasteiger partial charge is 0.307 e. The lowest BCUT2D eigenvalue weighted by atomic mass is 9.87. The molecule has 1 aliphatic heterocycles. The number of hydrogen-bond acceptors (Lipinski definition) is 4. The highest BCUT2D eigenvalue weighted by atomic mass is 19.1. The summed E-state index contributed by atoms with van der Waals surface area (Å²) in [6, 6.07) is 6.56. The summed E-state index contributed by atoms with van der Waals surface area (Å²) < 4.78 is 18.8. The molecule has 2 atom stereocenters. The molecule has 1 fully saturated rings. The fraction of sp³-hybridized carbons (Fsp3) is 0.526. The van der Waals surface area contributed by atoms with Crippen molar-refractivity contribution in [1.82, 2.24) is 0 Å². The van der Waals surface area contributed by atoms with E-state index < -0.39 is 5.97 Å². The van der Waals surface area contributed by atoms with Crippen molar-refractivity contribution in [3.8, 4) is 6.07 Å². The molecule has 1 aromatic rings. The molecule has 1 saturated carbocycles. The van der Waals surface area contributed by atoms with E-state index in [0.717, 1.165) is 24.8 Å². The van der Waals surface area contributed by atoms with Crippen molar-refractivity contribution in [1.29, 1.82) is 5.26 Å². The second-order valence-electron chi connectivity index (χ2n) is 6.62. The number of hydrogen-bond donors (Lipinski definition) is 0. The lowest BCUT2D eigenvalue weighted by molar-refractivity contribution is -0.152. The van der Waals surface area contributed by atoms with Crippen molar-refractivity contribution in [2.75, 3.05) is 11.4 Å². The zero-order valence-electron chi connectivity index (χ0n) is 14.0. The van der Waals surface area contributed by atoms with Crippen molar-refractivity contribution < 1.29 is 18.7 Å². The number of nitrogens with zero attached hydrogens (tertiary/aromatic N) is 2. The number of nitriles is 1. The molecule has 132 valence electrons. The number of halogens is 1. The molecule has 0 radical (unpaired) electrons. The van der Waals surface area contributed by atoms with E-state index in [2.05, 4.69) is 6.07 Å². The summed E-state index contributed by atoms with van der Waals surface area (Å²) in [4.78, 5) is 25.9. The van der Waals surface area contributed by atoms with Crippen molar-refractivity contribution in [3.05, 3.63) is 29.6 Å². The maximum absolute atomic E-state index is 13.4. The van der Waals surface area contributed by atoms with Gasteiger partial charge in [-0.15, -0.1) is 0 Å². The van der Waals surface area contributed by atoms with E-state index in [4.69, 9.17) is 10.00 Å². The number of esters is 1. The minimum absolute atomic E-state index is 0.0667. The highest BCUT2D eigenvalue weighted by molar-refractivity contribution is 5.96. The quantitative estimate of drug-likeness (QED) is 0.787. The van der Waals surface area contributed by atoms with Gasteiger partial charge in [0.2, 0.25) is 5.91 Å². The first-order valence-electron chi connectivity index (χ1n) is 8.76. The van der Waals surface area contributed by atoms with E-state index in [1.54, 1.807) is 6.07 Å². The molecule has 2 aliphatic rings. The number of benzene rings is 1. The van der Waals surface area contributed by atoms with E-state index in [0.29, 0.717) is 24.9 Å². The van der Waals surface area contributed by atoms with Crippen molar-refractivity contribution >= 4 is 17.6 Å². The lowest BCUT2D eigenvalue weighted by Gasteiger charge is -2.30. The Morgan fingerprint density at radius 3 is 2.92 bits per heavy atom. The Labute approximate surface area is 146 Å². The highest BCUT2D eigenvalue weighted by Crippen LogP contribution is 2.29. The zero-order chi connectivity index (χ0) is 17.8. The average Bonchev–Trinajstić information content (AvgIpc) is 2.61. The van der Waals surface area contributed by atoms with Crippen LogP contribution in [0.1, 0.15) is 44.1 Å². The van der Waals surface area contributed by atoms with Crippen LogP contribution in [-0.2, 0) is 20.7 Å². The van der Waals surface area contributed by atoms with Crippen LogP contribution in [-0.4, -0.2) is 24.5 Å². The number of anilines is 1. The molecule has 5 nitrogen and oxygen atoms in total. The number of carbonyl (C=O) groups is 2. The van der Waals surface area contributed by atoms with Gasteiger partial charge in [-0.3, -0.25) is 9.59 Å². The van der Waals surface area contributed by atoms with Crippen molar-refractivity contribution in [2.24, 2.45) is 5.92 Å².